The van der Waals surface area contributed by atoms with Gasteiger partial charge < -0.3 is 15.4 Å². The van der Waals surface area contributed by atoms with Crippen LogP contribution in [0.5, 0.6) is 11.6 Å². The summed E-state index contributed by atoms with van der Waals surface area (Å²) in [6, 6.07) is 11.6. The van der Waals surface area contributed by atoms with Gasteiger partial charge in [0.2, 0.25) is 11.8 Å². The molecular weight excluding hydrogens is 336 g/mol. The van der Waals surface area contributed by atoms with Crippen molar-refractivity contribution in [3.8, 4) is 11.6 Å². The van der Waals surface area contributed by atoms with E-state index in [0.717, 1.165) is 5.56 Å². The number of para-hydroxylation sites is 1. The van der Waals surface area contributed by atoms with Crippen molar-refractivity contribution in [2.24, 2.45) is 0 Å². The highest BCUT2D eigenvalue weighted by Gasteiger charge is 2.29. The third-order valence-corrected chi connectivity index (χ3v) is 3.80. The maximum absolute atomic E-state index is 12.0. The van der Waals surface area contributed by atoms with E-state index in [1.807, 2.05) is 36.4 Å². The van der Waals surface area contributed by atoms with Gasteiger partial charge in [-0.1, -0.05) is 24.3 Å². The lowest BCUT2D eigenvalue weighted by atomic mass is 10.1. The van der Waals surface area contributed by atoms with Crippen LogP contribution in [-0.2, 0) is 16.1 Å². The normalized spacial score (nSPS) is 15.9. The van der Waals surface area contributed by atoms with Crippen molar-refractivity contribution in [3.63, 3.8) is 0 Å². The zero-order valence-corrected chi connectivity index (χ0v) is 13.9. The van der Waals surface area contributed by atoms with Gasteiger partial charge in [0, 0.05) is 24.7 Å². The number of carbonyl (C=O) groups excluding carboxylic acids is 3. The molecule has 0 saturated carbocycles. The van der Waals surface area contributed by atoms with Crippen LogP contribution < -0.4 is 20.7 Å². The predicted octanol–water partition coefficient (Wildman–Crippen LogP) is 1.48. The van der Waals surface area contributed by atoms with E-state index in [-0.39, 0.29) is 25.3 Å². The molecule has 1 saturated heterocycles. The summed E-state index contributed by atoms with van der Waals surface area (Å²) in [5.74, 6) is 0.435. The fourth-order valence-corrected chi connectivity index (χ4v) is 2.47. The Hall–Kier alpha value is -3.42. The molecule has 0 bridgehead atoms. The van der Waals surface area contributed by atoms with Crippen LogP contribution in [0.1, 0.15) is 18.4 Å². The summed E-state index contributed by atoms with van der Waals surface area (Å²) in [6.07, 6.45) is 1.97. The van der Waals surface area contributed by atoms with Crippen molar-refractivity contribution in [2.45, 2.75) is 25.4 Å². The van der Waals surface area contributed by atoms with Crippen molar-refractivity contribution in [3.05, 3.63) is 54.2 Å². The highest BCUT2D eigenvalue weighted by atomic mass is 16.5. The maximum atomic E-state index is 12.0. The number of nitrogens with one attached hydrogen (secondary N) is 3. The largest absolute Gasteiger partial charge is 0.439 e. The molecule has 134 valence electrons. The Balaban J connectivity index is 1.52. The molecular formula is C18H18N4O4. The van der Waals surface area contributed by atoms with Gasteiger partial charge in [-0.2, -0.15) is 0 Å². The quantitative estimate of drug-likeness (QED) is 0.653. The number of rotatable bonds is 7. The van der Waals surface area contributed by atoms with E-state index in [1.165, 1.54) is 0 Å². The second kappa shape index (κ2) is 8.11. The van der Waals surface area contributed by atoms with Gasteiger partial charge in [-0.3, -0.25) is 14.9 Å². The predicted molar refractivity (Wildman–Crippen MR) is 92.3 cm³/mol. The minimum absolute atomic E-state index is 0.119. The molecule has 0 aliphatic carbocycles. The monoisotopic (exact) mass is 354 g/mol. The van der Waals surface area contributed by atoms with Crippen molar-refractivity contribution in [1.82, 2.24) is 20.9 Å². The molecule has 1 aliphatic rings. The number of aromatic nitrogens is 1. The van der Waals surface area contributed by atoms with Crippen LogP contribution in [0.25, 0.3) is 0 Å². The first-order valence-corrected chi connectivity index (χ1v) is 8.16. The number of pyridine rings is 1. The molecule has 1 aromatic carbocycles. The van der Waals surface area contributed by atoms with Gasteiger partial charge in [0.1, 0.15) is 11.8 Å². The first kappa shape index (κ1) is 17.4. The van der Waals surface area contributed by atoms with E-state index < -0.39 is 18.0 Å². The summed E-state index contributed by atoms with van der Waals surface area (Å²) in [5.41, 5.74) is 0.733. The number of hydrogen-bond acceptors (Lipinski definition) is 5. The summed E-state index contributed by atoms with van der Waals surface area (Å²) in [4.78, 5) is 38.7. The van der Waals surface area contributed by atoms with Crippen LogP contribution in [0.3, 0.4) is 0 Å². The molecule has 1 fully saturated rings. The zero-order valence-electron chi connectivity index (χ0n) is 13.9. The average Bonchev–Trinajstić information content (AvgIpc) is 2.97. The number of carbonyl (C=O) groups is 3. The molecule has 1 aliphatic heterocycles. The van der Waals surface area contributed by atoms with E-state index in [0.29, 0.717) is 11.6 Å². The number of nitrogens with zero attached hydrogens (tertiary/aromatic N) is 1. The number of ether oxygens (including phenoxy) is 1. The standard InChI is InChI=1S/C18H18N4O4/c23-15(9-8-14-16(24)22-18(25)21-14)20-11-12-5-4-10-19-17(12)26-13-6-2-1-3-7-13/h1-7,10,14H,8-9,11H2,(H,20,23)(H2,21,22,24,25)/t14-/m1/s1. The van der Waals surface area contributed by atoms with Crippen molar-refractivity contribution < 1.29 is 19.1 Å². The lowest BCUT2D eigenvalue weighted by Gasteiger charge is -2.11. The number of benzene rings is 1. The van der Waals surface area contributed by atoms with E-state index in [9.17, 15) is 14.4 Å². The molecule has 1 atom stereocenters. The molecule has 3 rings (SSSR count). The molecule has 8 nitrogen and oxygen atoms in total. The van der Waals surface area contributed by atoms with Crippen molar-refractivity contribution in [2.75, 3.05) is 0 Å². The Morgan fingerprint density at radius 3 is 2.69 bits per heavy atom. The Labute approximate surface area is 150 Å². The van der Waals surface area contributed by atoms with Crippen LogP contribution in [-0.4, -0.2) is 28.9 Å². The lowest BCUT2D eigenvalue weighted by molar-refractivity contribution is -0.122. The molecule has 4 amide bonds. The Kier molecular flexibility index (Phi) is 5.43. The van der Waals surface area contributed by atoms with Gasteiger partial charge in [0.15, 0.2) is 0 Å². The molecule has 1 aromatic heterocycles. The van der Waals surface area contributed by atoms with Gasteiger partial charge in [-0.15, -0.1) is 0 Å². The summed E-state index contributed by atoms with van der Waals surface area (Å²) in [6.45, 7) is 0.248. The topological polar surface area (TPSA) is 109 Å². The van der Waals surface area contributed by atoms with E-state index in [4.69, 9.17) is 4.74 Å². The van der Waals surface area contributed by atoms with E-state index in [1.54, 1.807) is 12.3 Å². The van der Waals surface area contributed by atoms with Gasteiger partial charge in [-0.25, -0.2) is 9.78 Å². The number of imide groups is 1. The van der Waals surface area contributed by atoms with Crippen molar-refractivity contribution >= 4 is 17.8 Å². The fraction of sp³-hybridized carbons (Fsp3) is 0.222. The first-order valence-electron chi connectivity index (χ1n) is 8.16. The first-order chi connectivity index (χ1) is 12.6. The van der Waals surface area contributed by atoms with Crippen LogP contribution in [0, 0.1) is 0 Å². The third kappa shape index (κ3) is 4.56. The molecule has 3 N–H and O–H groups in total. The lowest BCUT2D eigenvalue weighted by Crippen LogP contribution is -2.31. The fourth-order valence-electron chi connectivity index (χ4n) is 2.47. The van der Waals surface area contributed by atoms with Crippen LogP contribution in [0.15, 0.2) is 48.7 Å². The Bertz CT molecular complexity index is 810. The van der Waals surface area contributed by atoms with Gasteiger partial charge in [0.25, 0.3) is 5.91 Å². The summed E-state index contributed by atoms with van der Waals surface area (Å²) in [5, 5.41) is 7.36. The number of hydrogen-bond donors (Lipinski definition) is 3. The maximum Gasteiger partial charge on any atom is 0.322 e. The molecule has 2 aromatic rings. The van der Waals surface area contributed by atoms with Gasteiger partial charge in [-0.05, 0) is 24.6 Å². The second-order valence-electron chi connectivity index (χ2n) is 5.71. The smallest absolute Gasteiger partial charge is 0.322 e. The molecule has 0 spiro atoms. The highest BCUT2D eigenvalue weighted by molar-refractivity contribution is 6.04. The number of urea groups is 1. The summed E-state index contributed by atoms with van der Waals surface area (Å²) in [7, 11) is 0. The van der Waals surface area contributed by atoms with Gasteiger partial charge >= 0.3 is 6.03 Å². The van der Waals surface area contributed by atoms with Gasteiger partial charge in [0.05, 0.1) is 0 Å². The minimum atomic E-state index is -0.663. The highest BCUT2D eigenvalue weighted by Crippen LogP contribution is 2.22. The van der Waals surface area contributed by atoms with Crippen LogP contribution in [0.2, 0.25) is 0 Å². The molecule has 0 radical (unpaired) electrons. The number of amides is 4. The third-order valence-electron chi connectivity index (χ3n) is 3.80. The summed E-state index contributed by atoms with van der Waals surface area (Å²) >= 11 is 0. The Morgan fingerprint density at radius 1 is 1.15 bits per heavy atom. The molecule has 0 unspecified atom stereocenters. The molecule has 8 heteroatoms. The second-order valence-corrected chi connectivity index (χ2v) is 5.71. The van der Waals surface area contributed by atoms with E-state index in [2.05, 4.69) is 20.9 Å². The zero-order chi connectivity index (χ0) is 18.4. The minimum Gasteiger partial charge on any atom is -0.439 e. The van der Waals surface area contributed by atoms with Crippen molar-refractivity contribution in [1.29, 1.82) is 0 Å². The average molecular weight is 354 g/mol. The SMILES string of the molecule is O=C(CC[C@H]1NC(=O)NC1=O)NCc1cccnc1Oc1ccccc1. The molecule has 26 heavy (non-hydrogen) atoms. The molecule has 2 heterocycles. The Morgan fingerprint density at radius 2 is 1.96 bits per heavy atom. The van der Waals surface area contributed by atoms with Crippen LogP contribution in [0.4, 0.5) is 4.79 Å². The summed E-state index contributed by atoms with van der Waals surface area (Å²) < 4.78 is 5.75. The van der Waals surface area contributed by atoms with Crippen LogP contribution >= 0.6 is 0 Å². The van der Waals surface area contributed by atoms with E-state index >= 15 is 0 Å².